The number of ether oxygens (including phenoxy) is 1. The molecule has 1 amide bonds. The number of thiazole rings is 1. The van der Waals surface area contributed by atoms with Crippen LogP contribution in [0.15, 0.2) is 78.9 Å². The number of carbonyl (C=O) groups is 1. The van der Waals surface area contributed by atoms with Gasteiger partial charge in [0.05, 0.1) is 34.1 Å². The second-order valence-corrected chi connectivity index (χ2v) is 9.76. The molecule has 0 aliphatic rings. The summed E-state index contributed by atoms with van der Waals surface area (Å²) in [4.78, 5) is 28.2. The molecule has 5 aromatic rings. The van der Waals surface area contributed by atoms with E-state index in [9.17, 15) is 4.79 Å². The maximum absolute atomic E-state index is 14.4. The molecule has 0 unspecified atom stereocenters. The third-order valence-electron chi connectivity index (χ3n) is 6.61. The first-order valence-corrected chi connectivity index (χ1v) is 13.4. The lowest BCUT2D eigenvalue weighted by atomic mass is 10.0. The van der Waals surface area contributed by atoms with E-state index < -0.39 is 0 Å². The normalized spacial score (nSPS) is 11.4. The molecular weight excluding hydrogens is 480 g/mol. The molecule has 3 aromatic carbocycles. The van der Waals surface area contributed by atoms with Crippen molar-refractivity contribution in [1.29, 1.82) is 0 Å². The van der Waals surface area contributed by atoms with Crippen molar-refractivity contribution in [3.8, 4) is 17.0 Å². The highest BCUT2D eigenvalue weighted by molar-refractivity contribution is 7.22. The molecule has 0 aliphatic heterocycles. The highest BCUT2D eigenvalue weighted by Crippen LogP contribution is 2.33. The predicted molar refractivity (Wildman–Crippen MR) is 153 cm³/mol. The van der Waals surface area contributed by atoms with E-state index in [2.05, 4.69) is 18.7 Å². The standard InChI is InChI=1S/C30H30N4O2S/c1-4-33(5-2)17-18-34(30-32-26-16-15-22(36-3)19-28(26)37-30)29(35)24-20-27(21-11-7-6-8-12-21)31-25-14-10-9-13-23(24)25/h6-16,19-20H,4-5,17-18H2,1-3H3. The van der Waals surface area contributed by atoms with Gasteiger partial charge in [-0.3, -0.25) is 9.69 Å². The van der Waals surface area contributed by atoms with Crippen molar-refractivity contribution in [2.45, 2.75) is 13.8 Å². The van der Waals surface area contributed by atoms with Gasteiger partial charge in [0.1, 0.15) is 5.75 Å². The molecule has 37 heavy (non-hydrogen) atoms. The Balaban J connectivity index is 1.62. The molecule has 2 heterocycles. The summed E-state index contributed by atoms with van der Waals surface area (Å²) in [6, 6.07) is 25.6. The topological polar surface area (TPSA) is 58.6 Å². The number of rotatable bonds is 9. The SMILES string of the molecule is CCN(CC)CCN(C(=O)c1cc(-c2ccccc2)nc2ccccc12)c1nc2ccc(OC)cc2s1. The number of fused-ring (bicyclic) bond motifs is 2. The average Bonchev–Trinajstić information content (AvgIpc) is 3.38. The van der Waals surface area contributed by atoms with Gasteiger partial charge >= 0.3 is 0 Å². The Morgan fingerprint density at radius 3 is 2.38 bits per heavy atom. The number of pyridine rings is 1. The molecule has 0 spiro atoms. The van der Waals surface area contributed by atoms with Gasteiger partial charge in [-0.2, -0.15) is 0 Å². The summed E-state index contributed by atoms with van der Waals surface area (Å²) >= 11 is 1.51. The van der Waals surface area contributed by atoms with E-state index in [-0.39, 0.29) is 5.91 Å². The fourth-order valence-corrected chi connectivity index (χ4v) is 5.47. The highest BCUT2D eigenvalue weighted by atomic mass is 32.1. The zero-order valence-corrected chi connectivity index (χ0v) is 22.2. The van der Waals surface area contributed by atoms with Crippen molar-refractivity contribution in [3.05, 3.63) is 84.4 Å². The first-order chi connectivity index (χ1) is 18.1. The van der Waals surface area contributed by atoms with Crippen LogP contribution in [0.25, 0.3) is 32.4 Å². The van der Waals surface area contributed by atoms with E-state index in [1.807, 2.05) is 83.8 Å². The predicted octanol–water partition coefficient (Wildman–Crippen LogP) is 6.51. The van der Waals surface area contributed by atoms with Gasteiger partial charge in [0.2, 0.25) is 0 Å². The van der Waals surface area contributed by atoms with E-state index in [4.69, 9.17) is 14.7 Å². The van der Waals surface area contributed by atoms with Gasteiger partial charge in [-0.05, 0) is 43.4 Å². The third-order valence-corrected chi connectivity index (χ3v) is 7.65. The fraction of sp³-hybridized carbons (Fsp3) is 0.233. The lowest BCUT2D eigenvalue weighted by Crippen LogP contribution is -2.39. The molecule has 188 valence electrons. The molecule has 5 rings (SSSR count). The molecule has 0 saturated heterocycles. The summed E-state index contributed by atoms with van der Waals surface area (Å²) in [5, 5.41) is 1.52. The molecule has 7 heteroatoms. The van der Waals surface area contributed by atoms with Crippen molar-refractivity contribution in [3.63, 3.8) is 0 Å². The minimum Gasteiger partial charge on any atom is -0.497 e. The van der Waals surface area contributed by atoms with Gasteiger partial charge in [-0.25, -0.2) is 9.97 Å². The number of hydrogen-bond acceptors (Lipinski definition) is 6. The van der Waals surface area contributed by atoms with E-state index in [0.29, 0.717) is 17.2 Å². The van der Waals surface area contributed by atoms with E-state index in [0.717, 1.165) is 57.8 Å². The Bertz CT molecular complexity index is 1530. The lowest BCUT2D eigenvalue weighted by Gasteiger charge is -2.25. The van der Waals surface area contributed by atoms with Gasteiger partial charge in [0.15, 0.2) is 5.13 Å². The van der Waals surface area contributed by atoms with Crippen LogP contribution in [0.4, 0.5) is 5.13 Å². The molecule has 0 atom stereocenters. The number of anilines is 1. The smallest absolute Gasteiger partial charge is 0.260 e. The third kappa shape index (κ3) is 5.19. The zero-order chi connectivity index (χ0) is 25.8. The van der Waals surface area contributed by atoms with Crippen molar-refractivity contribution in [2.75, 3.05) is 38.2 Å². The molecule has 0 N–H and O–H groups in total. The number of carbonyl (C=O) groups excluding carboxylic acids is 1. The minimum atomic E-state index is -0.0750. The molecule has 2 aromatic heterocycles. The maximum atomic E-state index is 14.4. The summed E-state index contributed by atoms with van der Waals surface area (Å²) in [7, 11) is 1.65. The van der Waals surface area contributed by atoms with Crippen LogP contribution in [0.2, 0.25) is 0 Å². The Morgan fingerprint density at radius 2 is 1.62 bits per heavy atom. The molecule has 0 radical (unpaired) electrons. The Morgan fingerprint density at radius 1 is 0.865 bits per heavy atom. The maximum Gasteiger partial charge on any atom is 0.260 e. The number of likely N-dealkylation sites (N-methyl/N-ethyl adjacent to an activating group) is 1. The van der Waals surface area contributed by atoms with Crippen LogP contribution in [0, 0.1) is 0 Å². The summed E-state index contributed by atoms with van der Waals surface area (Å²) in [5.41, 5.74) is 4.03. The monoisotopic (exact) mass is 510 g/mol. The van der Waals surface area contributed by atoms with E-state index >= 15 is 0 Å². The second kappa shape index (κ2) is 11.1. The first-order valence-electron chi connectivity index (χ1n) is 12.5. The second-order valence-electron chi connectivity index (χ2n) is 8.75. The lowest BCUT2D eigenvalue weighted by molar-refractivity contribution is 0.0985. The zero-order valence-electron chi connectivity index (χ0n) is 21.3. The number of hydrogen-bond donors (Lipinski definition) is 0. The van der Waals surface area contributed by atoms with Crippen LogP contribution in [-0.4, -0.2) is 54.1 Å². The van der Waals surface area contributed by atoms with Gasteiger partial charge < -0.3 is 9.64 Å². The molecule has 0 fully saturated rings. The van der Waals surface area contributed by atoms with Crippen LogP contribution < -0.4 is 9.64 Å². The average molecular weight is 511 g/mol. The van der Waals surface area contributed by atoms with Crippen molar-refractivity contribution >= 4 is 43.5 Å². The fourth-order valence-electron chi connectivity index (χ4n) is 4.46. The number of nitrogens with zero attached hydrogens (tertiary/aromatic N) is 4. The molecule has 6 nitrogen and oxygen atoms in total. The number of aromatic nitrogens is 2. The number of methoxy groups -OCH3 is 1. The van der Waals surface area contributed by atoms with E-state index in [1.54, 1.807) is 7.11 Å². The van der Waals surface area contributed by atoms with Crippen molar-refractivity contribution in [1.82, 2.24) is 14.9 Å². The van der Waals surface area contributed by atoms with Crippen LogP contribution in [0.1, 0.15) is 24.2 Å². The number of para-hydroxylation sites is 1. The minimum absolute atomic E-state index is 0.0750. The Kier molecular flexibility index (Phi) is 7.44. The molecular formula is C30H30N4O2S. The Labute approximate surface area is 221 Å². The largest absolute Gasteiger partial charge is 0.497 e. The summed E-state index contributed by atoms with van der Waals surface area (Å²) in [6.07, 6.45) is 0. The highest BCUT2D eigenvalue weighted by Gasteiger charge is 2.25. The molecule has 0 saturated carbocycles. The van der Waals surface area contributed by atoms with Gasteiger partial charge in [-0.15, -0.1) is 0 Å². The van der Waals surface area contributed by atoms with Crippen molar-refractivity contribution in [2.24, 2.45) is 0 Å². The van der Waals surface area contributed by atoms with Crippen LogP contribution in [0.5, 0.6) is 5.75 Å². The van der Waals surface area contributed by atoms with Gasteiger partial charge in [0.25, 0.3) is 5.91 Å². The molecule has 0 bridgehead atoms. The summed E-state index contributed by atoms with van der Waals surface area (Å²) in [5.74, 6) is 0.699. The summed E-state index contributed by atoms with van der Waals surface area (Å²) < 4.78 is 6.39. The first kappa shape index (κ1) is 24.9. The molecule has 0 aliphatic carbocycles. The summed E-state index contributed by atoms with van der Waals surface area (Å²) in [6.45, 7) is 7.42. The van der Waals surface area contributed by atoms with E-state index in [1.165, 1.54) is 11.3 Å². The van der Waals surface area contributed by atoms with Gasteiger partial charge in [-0.1, -0.05) is 73.7 Å². The van der Waals surface area contributed by atoms with Crippen LogP contribution >= 0.6 is 11.3 Å². The number of amides is 1. The van der Waals surface area contributed by atoms with Crippen LogP contribution in [-0.2, 0) is 0 Å². The Hall–Kier alpha value is -3.81. The van der Waals surface area contributed by atoms with Crippen molar-refractivity contribution < 1.29 is 9.53 Å². The number of benzene rings is 3. The van der Waals surface area contributed by atoms with Gasteiger partial charge in [0, 0.05) is 24.0 Å². The quantitative estimate of drug-likeness (QED) is 0.226. The van der Waals surface area contributed by atoms with Crippen LogP contribution in [0.3, 0.4) is 0 Å².